The summed E-state index contributed by atoms with van der Waals surface area (Å²) in [6.45, 7) is 11.6. The molecule has 2 rings (SSSR count). The van der Waals surface area contributed by atoms with Gasteiger partial charge in [0, 0.05) is 0 Å². The highest BCUT2D eigenvalue weighted by Crippen LogP contribution is 2.39. The van der Waals surface area contributed by atoms with Crippen LogP contribution >= 0.6 is 0 Å². The summed E-state index contributed by atoms with van der Waals surface area (Å²) in [5, 5.41) is 0. The summed E-state index contributed by atoms with van der Waals surface area (Å²) in [6, 6.07) is 0. The molecule has 2 heterocycles. The largest absolute Gasteiger partial charge is 0.455 e. The van der Waals surface area contributed by atoms with Crippen LogP contribution in [-0.2, 0) is 14.2 Å². The maximum atomic E-state index is 5.80. The van der Waals surface area contributed by atoms with Crippen LogP contribution in [0.15, 0.2) is 12.0 Å². The first-order chi connectivity index (χ1) is 7.91. The number of nitrogens with zero attached hydrogens (tertiary/aromatic N) is 1. The van der Waals surface area contributed by atoms with E-state index in [0.717, 1.165) is 26.3 Å². The average molecular weight is 240 g/mol. The smallest absolute Gasteiger partial charge is 0.286 e. The zero-order valence-corrected chi connectivity index (χ0v) is 11.2. The van der Waals surface area contributed by atoms with Gasteiger partial charge in [0.05, 0.1) is 6.08 Å². The standard InChI is InChI=1S/C13H22NO3/c1-12(2)13(3,4)17-11(16-12)5-6-14-7-9-15-10-8-14/h5-6H,7-10H2,1-4H3/q+1. The molecule has 0 aromatic heterocycles. The normalized spacial score (nSPS) is 26.1. The fraction of sp³-hybridized carbons (Fsp3) is 0.769. The van der Waals surface area contributed by atoms with Crippen molar-refractivity contribution in [1.29, 1.82) is 0 Å². The minimum absolute atomic E-state index is 0.294. The molecule has 0 unspecified atom stereocenters. The molecule has 2 fully saturated rings. The molecule has 2 aliphatic heterocycles. The van der Waals surface area contributed by atoms with Crippen molar-refractivity contribution in [1.82, 2.24) is 0 Å². The highest BCUT2D eigenvalue weighted by molar-refractivity contribution is 5.66. The van der Waals surface area contributed by atoms with Crippen molar-refractivity contribution in [2.45, 2.75) is 38.9 Å². The second-order valence-electron chi connectivity index (χ2n) is 5.51. The highest BCUT2D eigenvalue weighted by Gasteiger charge is 2.48. The first kappa shape index (κ1) is 12.4. The van der Waals surface area contributed by atoms with E-state index in [-0.39, 0.29) is 11.2 Å². The van der Waals surface area contributed by atoms with Gasteiger partial charge in [0.25, 0.3) is 5.95 Å². The third kappa shape index (κ3) is 2.63. The van der Waals surface area contributed by atoms with E-state index in [1.54, 1.807) is 0 Å². The molecule has 2 saturated heterocycles. The number of ether oxygens (including phenoxy) is 3. The Kier molecular flexibility index (Phi) is 3.17. The second kappa shape index (κ2) is 4.33. The predicted octanol–water partition coefficient (Wildman–Crippen LogP) is 1.55. The van der Waals surface area contributed by atoms with Gasteiger partial charge in [-0.2, -0.15) is 0 Å². The molecule has 0 bridgehead atoms. The Labute approximate surface area is 103 Å². The molecular formula is C13H22NO3+. The van der Waals surface area contributed by atoms with Crippen molar-refractivity contribution in [2.75, 3.05) is 26.3 Å². The van der Waals surface area contributed by atoms with Gasteiger partial charge in [-0.1, -0.05) is 0 Å². The van der Waals surface area contributed by atoms with Gasteiger partial charge in [-0.25, -0.2) is 4.58 Å². The van der Waals surface area contributed by atoms with Crippen LogP contribution in [-0.4, -0.2) is 48.3 Å². The third-order valence-corrected chi connectivity index (χ3v) is 3.63. The van der Waals surface area contributed by atoms with Crippen LogP contribution in [0.1, 0.15) is 27.7 Å². The molecule has 0 amide bonds. The number of allylic oxidation sites excluding steroid dienone is 1. The summed E-state index contributed by atoms with van der Waals surface area (Å²) in [6.07, 6.45) is 3.93. The Hall–Kier alpha value is -1.03. The van der Waals surface area contributed by atoms with E-state index >= 15 is 0 Å². The lowest BCUT2D eigenvalue weighted by Crippen LogP contribution is -2.41. The van der Waals surface area contributed by atoms with Crippen molar-refractivity contribution in [3.05, 3.63) is 12.0 Å². The van der Waals surface area contributed by atoms with Gasteiger partial charge in [0.15, 0.2) is 19.3 Å². The monoisotopic (exact) mass is 240 g/mol. The number of rotatable bonds is 1. The summed E-state index contributed by atoms with van der Waals surface area (Å²) in [5.74, 6) is 0.603. The van der Waals surface area contributed by atoms with Crippen LogP contribution in [0.25, 0.3) is 0 Å². The van der Waals surface area contributed by atoms with Crippen molar-refractivity contribution < 1.29 is 18.8 Å². The lowest BCUT2D eigenvalue weighted by atomic mass is 9.90. The molecule has 4 heteroatoms. The van der Waals surface area contributed by atoms with Crippen LogP contribution in [0, 0.1) is 0 Å². The molecule has 0 N–H and O–H groups in total. The summed E-state index contributed by atoms with van der Waals surface area (Å²) in [5.41, 5.74) is -0.588. The van der Waals surface area contributed by atoms with E-state index in [2.05, 4.69) is 4.58 Å². The molecule has 0 atom stereocenters. The summed E-state index contributed by atoms with van der Waals surface area (Å²) >= 11 is 0. The number of hydrogen-bond acceptors (Lipinski definition) is 3. The van der Waals surface area contributed by atoms with Crippen LogP contribution in [0.4, 0.5) is 0 Å². The molecule has 17 heavy (non-hydrogen) atoms. The minimum Gasteiger partial charge on any atom is -0.455 e. The van der Waals surface area contributed by atoms with Gasteiger partial charge in [-0.05, 0) is 27.7 Å². The van der Waals surface area contributed by atoms with Gasteiger partial charge in [0.2, 0.25) is 0 Å². The van der Waals surface area contributed by atoms with Crippen LogP contribution in [0.5, 0.6) is 0 Å². The average Bonchev–Trinajstić information content (AvgIpc) is 2.46. The topological polar surface area (TPSA) is 30.7 Å². The van der Waals surface area contributed by atoms with E-state index in [1.165, 1.54) is 0 Å². The van der Waals surface area contributed by atoms with E-state index in [4.69, 9.17) is 14.2 Å². The molecule has 0 radical (unpaired) electrons. The Morgan fingerprint density at radius 2 is 1.53 bits per heavy atom. The molecule has 96 valence electrons. The first-order valence-electron chi connectivity index (χ1n) is 6.16. The Morgan fingerprint density at radius 3 is 2.06 bits per heavy atom. The summed E-state index contributed by atoms with van der Waals surface area (Å²) in [4.78, 5) is 0. The van der Waals surface area contributed by atoms with Gasteiger partial charge in [-0.15, -0.1) is 0 Å². The van der Waals surface area contributed by atoms with E-state index in [9.17, 15) is 0 Å². The van der Waals surface area contributed by atoms with Gasteiger partial charge in [-0.3, -0.25) is 0 Å². The minimum atomic E-state index is -0.294. The quantitative estimate of drug-likeness (QED) is 0.651. The molecule has 0 aromatic rings. The highest BCUT2D eigenvalue weighted by atomic mass is 16.7. The fourth-order valence-corrected chi connectivity index (χ4v) is 1.73. The van der Waals surface area contributed by atoms with Crippen LogP contribution < -0.4 is 0 Å². The first-order valence-corrected chi connectivity index (χ1v) is 6.16. The number of morpholine rings is 1. The summed E-state index contributed by atoms with van der Waals surface area (Å²) in [7, 11) is 0. The van der Waals surface area contributed by atoms with Gasteiger partial charge < -0.3 is 14.2 Å². The zero-order chi connectivity index (χ0) is 12.5. The predicted molar refractivity (Wildman–Crippen MR) is 65.3 cm³/mol. The van der Waals surface area contributed by atoms with E-state index in [0.29, 0.717) is 5.95 Å². The molecule has 0 aliphatic carbocycles. The Morgan fingerprint density at radius 1 is 1.00 bits per heavy atom. The zero-order valence-electron chi connectivity index (χ0n) is 11.2. The van der Waals surface area contributed by atoms with Gasteiger partial charge >= 0.3 is 0 Å². The molecule has 0 saturated carbocycles. The van der Waals surface area contributed by atoms with Crippen LogP contribution in [0.2, 0.25) is 0 Å². The Balaban J connectivity index is 2.05. The van der Waals surface area contributed by atoms with Crippen molar-refractivity contribution >= 4 is 6.21 Å². The maximum Gasteiger partial charge on any atom is 0.286 e. The van der Waals surface area contributed by atoms with Crippen LogP contribution in [0.3, 0.4) is 0 Å². The molecule has 2 aliphatic rings. The molecule has 4 nitrogen and oxygen atoms in total. The number of hydrogen-bond donors (Lipinski definition) is 0. The lowest BCUT2D eigenvalue weighted by molar-refractivity contribution is -0.544. The Bertz CT molecular complexity index is 330. The maximum absolute atomic E-state index is 5.80. The third-order valence-electron chi connectivity index (χ3n) is 3.63. The van der Waals surface area contributed by atoms with E-state index < -0.39 is 0 Å². The second-order valence-corrected chi connectivity index (χ2v) is 5.51. The van der Waals surface area contributed by atoms with Crippen molar-refractivity contribution in [3.63, 3.8) is 0 Å². The summed E-state index contributed by atoms with van der Waals surface area (Å²) < 4.78 is 19.1. The lowest BCUT2D eigenvalue weighted by Gasteiger charge is -2.28. The van der Waals surface area contributed by atoms with Gasteiger partial charge in [0.1, 0.15) is 24.4 Å². The SMILES string of the molecule is CC1(C)OC(=CC=[N+]2CCOCC2)OC1(C)C. The molecule has 0 spiro atoms. The molecule has 0 aromatic carbocycles. The van der Waals surface area contributed by atoms with Crippen molar-refractivity contribution in [3.8, 4) is 0 Å². The fourth-order valence-electron chi connectivity index (χ4n) is 1.73. The molecular weight excluding hydrogens is 218 g/mol. The van der Waals surface area contributed by atoms with Crippen molar-refractivity contribution in [2.24, 2.45) is 0 Å². The van der Waals surface area contributed by atoms with E-state index in [1.807, 2.05) is 40.0 Å².